The molecule has 1 saturated heterocycles. The van der Waals surface area contributed by atoms with E-state index in [1.54, 1.807) is 17.0 Å². The Bertz CT molecular complexity index is 971. The number of hydrogen-bond donors (Lipinski definition) is 2. The standard InChI is InChI=1S/C23H27ClN4O3/c1-3-28-20-15-16(24)5-10-19(20)21(29)26-23(28)11-13-27(14-12-23)22(30)25-17-6-8-18(9-7-17)31-4-2/h5-10,15H,3-4,11-14H2,1-2H3,(H,25,30)(H,26,29). The Labute approximate surface area is 187 Å². The largest absolute Gasteiger partial charge is 0.494 e. The number of piperidine rings is 1. The van der Waals surface area contributed by atoms with Gasteiger partial charge in [0, 0.05) is 43.2 Å². The number of nitrogens with zero attached hydrogens (tertiary/aromatic N) is 2. The lowest BCUT2D eigenvalue weighted by atomic mass is 9.90. The van der Waals surface area contributed by atoms with E-state index in [1.165, 1.54) is 0 Å². The van der Waals surface area contributed by atoms with E-state index in [4.69, 9.17) is 16.3 Å². The summed E-state index contributed by atoms with van der Waals surface area (Å²) in [6.45, 7) is 6.40. The molecule has 0 aliphatic carbocycles. The number of anilines is 2. The third kappa shape index (κ3) is 4.14. The molecule has 4 rings (SSSR count). The average Bonchev–Trinajstić information content (AvgIpc) is 2.76. The van der Waals surface area contributed by atoms with Crippen LogP contribution in [0.15, 0.2) is 42.5 Å². The SMILES string of the molecule is CCOc1ccc(NC(=O)N2CCC3(CC2)NC(=O)c2ccc(Cl)cc2N3CC)cc1. The van der Waals surface area contributed by atoms with Crippen LogP contribution in [0.2, 0.25) is 5.02 Å². The summed E-state index contributed by atoms with van der Waals surface area (Å²) in [6, 6.07) is 12.5. The van der Waals surface area contributed by atoms with Crippen LogP contribution in [0.3, 0.4) is 0 Å². The first-order valence-corrected chi connectivity index (χ1v) is 11.0. The van der Waals surface area contributed by atoms with Crippen LogP contribution in [-0.4, -0.2) is 48.7 Å². The number of halogens is 1. The number of nitrogens with one attached hydrogen (secondary N) is 2. The van der Waals surface area contributed by atoms with Gasteiger partial charge in [0.05, 0.1) is 17.9 Å². The summed E-state index contributed by atoms with van der Waals surface area (Å²) in [6.07, 6.45) is 1.27. The third-order valence-corrected chi connectivity index (χ3v) is 6.20. The van der Waals surface area contributed by atoms with Gasteiger partial charge in [0.2, 0.25) is 0 Å². The number of carbonyl (C=O) groups is 2. The van der Waals surface area contributed by atoms with Crippen molar-refractivity contribution < 1.29 is 14.3 Å². The Balaban J connectivity index is 1.44. The van der Waals surface area contributed by atoms with Crippen LogP contribution in [0.1, 0.15) is 37.0 Å². The molecule has 0 radical (unpaired) electrons. The number of hydrogen-bond acceptors (Lipinski definition) is 4. The molecule has 8 heteroatoms. The Hall–Kier alpha value is -2.93. The van der Waals surface area contributed by atoms with Gasteiger partial charge in [-0.25, -0.2) is 4.79 Å². The van der Waals surface area contributed by atoms with Gasteiger partial charge in [-0.2, -0.15) is 0 Å². The molecular weight excluding hydrogens is 416 g/mol. The van der Waals surface area contributed by atoms with Gasteiger partial charge in [-0.3, -0.25) is 4.79 Å². The summed E-state index contributed by atoms with van der Waals surface area (Å²) in [4.78, 5) is 29.5. The molecule has 2 N–H and O–H groups in total. The number of urea groups is 1. The first-order chi connectivity index (χ1) is 15.0. The predicted molar refractivity (Wildman–Crippen MR) is 122 cm³/mol. The first kappa shape index (κ1) is 21.3. The maximum atomic E-state index is 12.8. The lowest BCUT2D eigenvalue weighted by Gasteiger charge is -2.52. The molecule has 2 aromatic carbocycles. The van der Waals surface area contributed by atoms with Crippen LogP contribution in [-0.2, 0) is 0 Å². The molecule has 0 saturated carbocycles. The van der Waals surface area contributed by atoms with E-state index < -0.39 is 5.66 Å². The first-order valence-electron chi connectivity index (χ1n) is 10.6. The Morgan fingerprint density at radius 3 is 2.52 bits per heavy atom. The summed E-state index contributed by atoms with van der Waals surface area (Å²) in [5.74, 6) is 0.678. The lowest BCUT2D eigenvalue weighted by Crippen LogP contribution is -2.68. The molecule has 1 fully saturated rings. The van der Waals surface area contributed by atoms with E-state index in [2.05, 4.69) is 22.5 Å². The fourth-order valence-corrected chi connectivity index (χ4v) is 4.61. The molecule has 2 aliphatic heterocycles. The van der Waals surface area contributed by atoms with Crippen molar-refractivity contribution in [1.29, 1.82) is 0 Å². The van der Waals surface area contributed by atoms with E-state index in [0.29, 0.717) is 43.1 Å². The van der Waals surface area contributed by atoms with Gasteiger partial charge in [-0.1, -0.05) is 11.6 Å². The predicted octanol–water partition coefficient (Wildman–Crippen LogP) is 4.33. The number of fused-ring (bicyclic) bond motifs is 1. The normalized spacial score (nSPS) is 17.2. The Morgan fingerprint density at radius 1 is 1.16 bits per heavy atom. The molecule has 0 bridgehead atoms. The number of ether oxygens (including phenoxy) is 1. The Kier molecular flexibility index (Phi) is 5.96. The minimum Gasteiger partial charge on any atom is -0.494 e. The molecule has 0 aromatic heterocycles. The summed E-state index contributed by atoms with van der Waals surface area (Å²) < 4.78 is 5.44. The molecule has 31 heavy (non-hydrogen) atoms. The van der Waals surface area contributed by atoms with E-state index in [9.17, 15) is 9.59 Å². The summed E-state index contributed by atoms with van der Waals surface area (Å²) in [5, 5.41) is 6.76. The zero-order chi connectivity index (χ0) is 22.0. The summed E-state index contributed by atoms with van der Waals surface area (Å²) in [5.41, 5.74) is 1.69. The maximum absolute atomic E-state index is 12.8. The molecule has 0 atom stereocenters. The minimum absolute atomic E-state index is 0.0938. The topological polar surface area (TPSA) is 73.9 Å². The van der Waals surface area contributed by atoms with Crippen molar-refractivity contribution in [3.8, 4) is 5.75 Å². The van der Waals surface area contributed by atoms with Gasteiger partial charge in [0.1, 0.15) is 11.4 Å². The van der Waals surface area contributed by atoms with Crippen LogP contribution in [0, 0.1) is 0 Å². The number of benzene rings is 2. The second kappa shape index (κ2) is 8.67. The smallest absolute Gasteiger partial charge is 0.321 e. The second-order valence-corrected chi connectivity index (χ2v) is 8.20. The molecule has 1 spiro atoms. The lowest BCUT2D eigenvalue weighted by molar-refractivity contribution is 0.0808. The zero-order valence-corrected chi connectivity index (χ0v) is 18.5. The second-order valence-electron chi connectivity index (χ2n) is 7.77. The zero-order valence-electron chi connectivity index (χ0n) is 17.8. The van der Waals surface area contributed by atoms with Gasteiger partial charge in [0.15, 0.2) is 0 Å². The Morgan fingerprint density at radius 2 is 1.87 bits per heavy atom. The molecule has 164 valence electrons. The molecule has 2 heterocycles. The van der Waals surface area contributed by atoms with Crippen LogP contribution < -0.4 is 20.3 Å². The fraction of sp³-hybridized carbons (Fsp3) is 0.391. The average molecular weight is 443 g/mol. The third-order valence-electron chi connectivity index (χ3n) is 5.97. The van der Waals surface area contributed by atoms with Crippen LogP contribution in [0.4, 0.5) is 16.2 Å². The van der Waals surface area contributed by atoms with Crippen molar-refractivity contribution in [2.24, 2.45) is 0 Å². The van der Waals surface area contributed by atoms with Gasteiger partial charge >= 0.3 is 6.03 Å². The molecule has 0 unspecified atom stereocenters. The number of amides is 3. The van der Waals surface area contributed by atoms with Crippen molar-refractivity contribution >= 4 is 34.9 Å². The highest BCUT2D eigenvalue weighted by molar-refractivity contribution is 6.31. The number of likely N-dealkylation sites (tertiary alicyclic amines) is 1. The summed E-state index contributed by atoms with van der Waals surface area (Å²) in [7, 11) is 0. The van der Waals surface area contributed by atoms with Crippen molar-refractivity contribution in [1.82, 2.24) is 10.2 Å². The molecule has 7 nitrogen and oxygen atoms in total. The van der Waals surface area contributed by atoms with Crippen molar-refractivity contribution in [3.05, 3.63) is 53.1 Å². The highest BCUT2D eigenvalue weighted by atomic mass is 35.5. The van der Waals surface area contributed by atoms with Crippen molar-refractivity contribution in [2.45, 2.75) is 32.4 Å². The molecule has 3 amide bonds. The minimum atomic E-state index is -0.514. The quantitative estimate of drug-likeness (QED) is 0.739. The van der Waals surface area contributed by atoms with E-state index in [-0.39, 0.29) is 11.9 Å². The van der Waals surface area contributed by atoms with Gasteiger partial charge < -0.3 is 25.2 Å². The van der Waals surface area contributed by atoms with Gasteiger partial charge in [-0.15, -0.1) is 0 Å². The van der Waals surface area contributed by atoms with E-state index in [1.807, 2.05) is 37.3 Å². The van der Waals surface area contributed by atoms with Crippen molar-refractivity contribution in [3.63, 3.8) is 0 Å². The molecule has 2 aromatic rings. The van der Waals surface area contributed by atoms with Gasteiger partial charge in [0.25, 0.3) is 5.91 Å². The van der Waals surface area contributed by atoms with Crippen LogP contribution in [0.25, 0.3) is 0 Å². The van der Waals surface area contributed by atoms with Crippen LogP contribution in [0.5, 0.6) is 5.75 Å². The molecular formula is C23H27ClN4O3. The number of carbonyl (C=O) groups excluding carboxylic acids is 2. The van der Waals surface area contributed by atoms with Gasteiger partial charge in [-0.05, 0) is 56.3 Å². The highest BCUT2D eigenvalue weighted by Crippen LogP contribution is 2.38. The van der Waals surface area contributed by atoms with Crippen LogP contribution >= 0.6 is 11.6 Å². The summed E-state index contributed by atoms with van der Waals surface area (Å²) >= 11 is 6.22. The van der Waals surface area contributed by atoms with Crippen molar-refractivity contribution in [2.75, 3.05) is 36.5 Å². The van der Waals surface area contributed by atoms with E-state index in [0.717, 1.165) is 23.7 Å². The number of rotatable bonds is 4. The monoisotopic (exact) mass is 442 g/mol. The molecule has 2 aliphatic rings. The highest BCUT2D eigenvalue weighted by Gasteiger charge is 2.45. The fourth-order valence-electron chi connectivity index (χ4n) is 4.45. The van der Waals surface area contributed by atoms with E-state index >= 15 is 0 Å². The maximum Gasteiger partial charge on any atom is 0.321 e.